The third-order valence-electron chi connectivity index (χ3n) is 3.67. The molecule has 0 aromatic heterocycles. The summed E-state index contributed by atoms with van der Waals surface area (Å²) >= 11 is 5.94. The van der Waals surface area contributed by atoms with Crippen LogP contribution in [0.4, 0.5) is 0 Å². The van der Waals surface area contributed by atoms with Gasteiger partial charge in [-0.2, -0.15) is 0 Å². The normalized spacial score (nSPS) is 13.1. The highest BCUT2D eigenvalue weighted by Gasteiger charge is 2.13. The number of hydrogen-bond acceptors (Lipinski definition) is 3. The van der Waals surface area contributed by atoms with Gasteiger partial charge in [0.1, 0.15) is 13.2 Å². The minimum Gasteiger partial charge on any atom is -0.486 e. The Morgan fingerprint density at radius 2 is 1.96 bits per heavy atom. The van der Waals surface area contributed by atoms with Crippen LogP contribution >= 0.6 is 11.6 Å². The summed E-state index contributed by atoms with van der Waals surface area (Å²) in [5.41, 5.74) is 1.88. The van der Waals surface area contributed by atoms with Crippen LogP contribution in [0.5, 0.6) is 11.5 Å². The van der Waals surface area contributed by atoms with Gasteiger partial charge in [0.05, 0.1) is 0 Å². The summed E-state index contributed by atoms with van der Waals surface area (Å²) in [6.07, 6.45) is 3.30. The molecule has 0 unspecified atom stereocenters. The van der Waals surface area contributed by atoms with Crippen LogP contribution in [-0.4, -0.2) is 31.1 Å². The molecule has 2 aromatic carbocycles. The van der Waals surface area contributed by atoms with Gasteiger partial charge >= 0.3 is 0 Å². The Hall–Kier alpha value is -2.46. The molecular formula is C19H18ClNO3. The van der Waals surface area contributed by atoms with E-state index in [-0.39, 0.29) is 5.91 Å². The van der Waals surface area contributed by atoms with Crippen LogP contribution in [0.15, 0.2) is 48.5 Å². The van der Waals surface area contributed by atoms with Crippen molar-refractivity contribution in [1.82, 2.24) is 4.90 Å². The van der Waals surface area contributed by atoms with Crippen LogP contribution < -0.4 is 9.47 Å². The van der Waals surface area contributed by atoms with Crippen LogP contribution in [0.1, 0.15) is 11.1 Å². The summed E-state index contributed by atoms with van der Waals surface area (Å²) in [6, 6.07) is 13.1. The number of amides is 1. The highest BCUT2D eigenvalue weighted by Crippen LogP contribution is 2.31. The SMILES string of the molecule is CN(Cc1ccc2c(c1)OCCO2)C(=O)/C=C/c1cccc(Cl)c1. The van der Waals surface area contributed by atoms with Crippen LogP contribution in [0.3, 0.4) is 0 Å². The van der Waals surface area contributed by atoms with E-state index in [1.807, 2.05) is 36.4 Å². The number of nitrogens with zero attached hydrogens (tertiary/aromatic N) is 1. The Kier molecular flexibility index (Phi) is 5.06. The second-order valence-corrected chi connectivity index (χ2v) is 6.00. The Labute approximate surface area is 146 Å². The lowest BCUT2D eigenvalue weighted by Gasteiger charge is -2.20. The molecule has 0 aliphatic carbocycles. The Morgan fingerprint density at radius 3 is 2.75 bits per heavy atom. The number of ether oxygens (including phenoxy) is 2. The lowest BCUT2D eigenvalue weighted by atomic mass is 10.1. The minimum absolute atomic E-state index is 0.0788. The summed E-state index contributed by atoms with van der Waals surface area (Å²) in [5.74, 6) is 1.40. The smallest absolute Gasteiger partial charge is 0.246 e. The first kappa shape index (κ1) is 16.4. The third-order valence-corrected chi connectivity index (χ3v) is 3.90. The summed E-state index contributed by atoms with van der Waals surface area (Å²) in [4.78, 5) is 13.9. The fraction of sp³-hybridized carbons (Fsp3) is 0.211. The zero-order valence-electron chi connectivity index (χ0n) is 13.4. The second kappa shape index (κ2) is 7.41. The number of likely N-dealkylation sites (N-methyl/N-ethyl adjacent to an activating group) is 1. The van der Waals surface area contributed by atoms with Gasteiger partial charge in [-0.05, 0) is 41.5 Å². The Balaban J connectivity index is 1.63. The summed E-state index contributed by atoms with van der Waals surface area (Å²) in [5, 5.41) is 0.647. The second-order valence-electron chi connectivity index (χ2n) is 5.56. The Morgan fingerprint density at radius 1 is 1.17 bits per heavy atom. The summed E-state index contributed by atoms with van der Waals surface area (Å²) < 4.78 is 11.1. The molecule has 0 bridgehead atoms. The molecule has 0 N–H and O–H groups in total. The molecule has 0 spiro atoms. The van der Waals surface area contributed by atoms with E-state index in [0.29, 0.717) is 24.8 Å². The van der Waals surface area contributed by atoms with Crippen molar-refractivity contribution in [2.24, 2.45) is 0 Å². The molecule has 0 radical (unpaired) electrons. The van der Waals surface area contributed by atoms with Gasteiger partial charge in [0, 0.05) is 24.7 Å². The van der Waals surface area contributed by atoms with Crippen LogP contribution in [0, 0.1) is 0 Å². The first-order chi connectivity index (χ1) is 11.6. The fourth-order valence-corrected chi connectivity index (χ4v) is 2.64. The molecule has 124 valence electrons. The lowest BCUT2D eigenvalue weighted by Crippen LogP contribution is -2.24. The van der Waals surface area contributed by atoms with Gasteiger partial charge in [0.15, 0.2) is 11.5 Å². The number of carbonyl (C=O) groups is 1. The van der Waals surface area contributed by atoms with Crippen molar-refractivity contribution >= 4 is 23.6 Å². The minimum atomic E-state index is -0.0788. The molecule has 1 heterocycles. The fourth-order valence-electron chi connectivity index (χ4n) is 2.44. The van der Waals surface area contributed by atoms with E-state index in [9.17, 15) is 4.79 Å². The summed E-state index contributed by atoms with van der Waals surface area (Å²) in [6.45, 7) is 1.61. The highest BCUT2D eigenvalue weighted by molar-refractivity contribution is 6.30. The largest absolute Gasteiger partial charge is 0.486 e. The van der Waals surface area contributed by atoms with Crippen molar-refractivity contribution < 1.29 is 14.3 Å². The predicted molar refractivity (Wildman–Crippen MR) is 94.4 cm³/mol. The van der Waals surface area contributed by atoms with E-state index in [0.717, 1.165) is 22.6 Å². The van der Waals surface area contributed by atoms with Crippen molar-refractivity contribution in [2.75, 3.05) is 20.3 Å². The predicted octanol–water partition coefficient (Wildman–Crippen LogP) is 3.78. The standard InChI is InChI=1S/C19H18ClNO3/c1-21(19(22)8-6-14-3-2-4-16(20)11-14)13-15-5-7-17-18(12-15)24-10-9-23-17/h2-8,11-12H,9-10,13H2,1H3/b8-6+. The number of halogens is 1. The molecule has 0 atom stereocenters. The van der Waals surface area contributed by atoms with E-state index in [1.54, 1.807) is 30.2 Å². The van der Waals surface area contributed by atoms with Crippen molar-refractivity contribution in [3.05, 3.63) is 64.7 Å². The van der Waals surface area contributed by atoms with E-state index in [2.05, 4.69) is 0 Å². The molecule has 5 heteroatoms. The van der Waals surface area contributed by atoms with Crippen LogP contribution in [0.2, 0.25) is 5.02 Å². The highest BCUT2D eigenvalue weighted by atomic mass is 35.5. The monoisotopic (exact) mass is 343 g/mol. The number of fused-ring (bicyclic) bond motifs is 1. The first-order valence-corrected chi connectivity index (χ1v) is 8.07. The van der Waals surface area contributed by atoms with Crippen LogP contribution in [-0.2, 0) is 11.3 Å². The third kappa shape index (κ3) is 4.09. The molecule has 0 saturated carbocycles. The number of rotatable bonds is 4. The molecule has 4 nitrogen and oxygen atoms in total. The summed E-state index contributed by atoms with van der Waals surface area (Å²) in [7, 11) is 1.77. The molecule has 3 rings (SSSR count). The maximum absolute atomic E-state index is 12.2. The van der Waals surface area contributed by atoms with Crippen molar-refractivity contribution in [3.8, 4) is 11.5 Å². The first-order valence-electron chi connectivity index (χ1n) is 7.69. The molecule has 1 aliphatic rings. The van der Waals surface area contributed by atoms with E-state index < -0.39 is 0 Å². The molecule has 0 fully saturated rings. The average molecular weight is 344 g/mol. The Bertz CT molecular complexity index is 773. The van der Waals surface area contributed by atoms with E-state index in [1.165, 1.54) is 0 Å². The zero-order valence-corrected chi connectivity index (χ0v) is 14.1. The lowest BCUT2D eigenvalue weighted by molar-refractivity contribution is -0.125. The van der Waals surface area contributed by atoms with Crippen molar-refractivity contribution in [2.45, 2.75) is 6.54 Å². The van der Waals surface area contributed by atoms with Crippen molar-refractivity contribution in [3.63, 3.8) is 0 Å². The van der Waals surface area contributed by atoms with Gasteiger partial charge in [0.25, 0.3) is 0 Å². The molecule has 0 saturated heterocycles. The van der Waals surface area contributed by atoms with Crippen LogP contribution in [0.25, 0.3) is 6.08 Å². The van der Waals surface area contributed by atoms with Gasteiger partial charge in [0.2, 0.25) is 5.91 Å². The average Bonchev–Trinajstić information content (AvgIpc) is 2.59. The van der Waals surface area contributed by atoms with Gasteiger partial charge < -0.3 is 14.4 Å². The van der Waals surface area contributed by atoms with Gasteiger partial charge in [-0.15, -0.1) is 0 Å². The molecule has 2 aromatic rings. The number of carbonyl (C=O) groups excluding carboxylic acids is 1. The molecule has 1 amide bonds. The van der Waals surface area contributed by atoms with Gasteiger partial charge in [-0.1, -0.05) is 29.8 Å². The van der Waals surface area contributed by atoms with Gasteiger partial charge in [-0.3, -0.25) is 4.79 Å². The van der Waals surface area contributed by atoms with E-state index in [4.69, 9.17) is 21.1 Å². The maximum atomic E-state index is 12.2. The van der Waals surface area contributed by atoms with E-state index >= 15 is 0 Å². The molecular weight excluding hydrogens is 326 g/mol. The molecule has 1 aliphatic heterocycles. The topological polar surface area (TPSA) is 38.8 Å². The maximum Gasteiger partial charge on any atom is 0.246 e. The quantitative estimate of drug-likeness (QED) is 0.793. The number of benzene rings is 2. The number of hydrogen-bond donors (Lipinski definition) is 0. The van der Waals surface area contributed by atoms with Gasteiger partial charge in [-0.25, -0.2) is 0 Å². The zero-order chi connectivity index (χ0) is 16.9. The van der Waals surface area contributed by atoms with Crippen molar-refractivity contribution in [1.29, 1.82) is 0 Å². The molecule has 24 heavy (non-hydrogen) atoms.